The van der Waals surface area contributed by atoms with E-state index in [-0.39, 0.29) is 0 Å². The second-order valence-corrected chi connectivity index (χ2v) is 5.13. The Hall–Kier alpha value is -0.900. The first-order valence-corrected chi connectivity index (χ1v) is 6.69. The van der Waals surface area contributed by atoms with Gasteiger partial charge in [-0.05, 0) is 31.7 Å². The molecule has 1 heterocycles. The summed E-state index contributed by atoms with van der Waals surface area (Å²) in [6.45, 7) is 7.84. The van der Waals surface area contributed by atoms with E-state index in [4.69, 9.17) is 0 Å². The van der Waals surface area contributed by atoms with E-state index in [2.05, 4.69) is 36.2 Å². The molecule has 0 saturated heterocycles. The first-order chi connectivity index (χ1) is 8.13. The van der Waals surface area contributed by atoms with Gasteiger partial charge in [-0.1, -0.05) is 20.8 Å². The molecular formula is C13H26N4. The molecule has 0 aliphatic rings. The third kappa shape index (κ3) is 5.31. The molecule has 0 bridgehead atoms. The molecule has 0 fully saturated rings. The minimum Gasteiger partial charge on any atom is -0.314 e. The normalized spacial score (nSPS) is 13.2. The van der Waals surface area contributed by atoms with Gasteiger partial charge in [0.25, 0.3) is 0 Å². The van der Waals surface area contributed by atoms with Gasteiger partial charge in [-0.3, -0.25) is 4.68 Å². The van der Waals surface area contributed by atoms with Gasteiger partial charge in [-0.25, -0.2) is 4.98 Å². The van der Waals surface area contributed by atoms with Crippen molar-refractivity contribution >= 4 is 0 Å². The third-order valence-corrected chi connectivity index (χ3v) is 3.01. The third-order valence-electron chi connectivity index (χ3n) is 3.01. The molecule has 17 heavy (non-hydrogen) atoms. The van der Waals surface area contributed by atoms with Gasteiger partial charge < -0.3 is 5.32 Å². The molecule has 1 atom stereocenters. The van der Waals surface area contributed by atoms with Crippen molar-refractivity contribution in [2.75, 3.05) is 6.54 Å². The fourth-order valence-corrected chi connectivity index (χ4v) is 1.88. The maximum absolute atomic E-state index is 4.30. The summed E-state index contributed by atoms with van der Waals surface area (Å²) in [4.78, 5) is 4.30. The number of aromatic nitrogens is 3. The molecule has 1 aromatic rings. The molecule has 0 radical (unpaired) electrons. The summed E-state index contributed by atoms with van der Waals surface area (Å²) >= 11 is 0. The van der Waals surface area contributed by atoms with E-state index in [0.29, 0.717) is 6.04 Å². The van der Waals surface area contributed by atoms with Crippen LogP contribution in [0.3, 0.4) is 0 Å². The fraction of sp³-hybridized carbons (Fsp3) is 0.846. The lowest BCUT2D eigenvalue weighted by Crippen LogP contribution is -2.33. The summed E-state index contributed by atoms with van der Waals surface area (Å²) in [6.07, 6.45) is 6.26. The van der Waals surface area contributed by atoms with Crippen molar-refractivity contribution in [2.45, 2.75) is 52.5 Å². The Morgan fingerprint density at radius 2 is 2.12 bits per heavy atom. The van der Waals surface area contributed by atoms with Crippen LogP contribution in [0.2, 0.25) is 0 Å². The number of nitrogens with one attached hydrogen (secondary N) is 1. The molecule has 0 aliphatic heterocycles. The van der Waals surface area contributed by atoms with Gasteiger partial charge in [0.05, 0.1) is 0 Å². The van der Waals surface area contributed by atoms with Crippen LogP contribution in [0.4, 0.5) is 0 Å². The van der Waals surface area contributed by atoms with Crippen molar-refractivity contribution in [2.24, 2.45) is 13.0 Å². The van der Waals surface area contributed by atoms with Crippen LogP contribution >= 0.6 is 0 Å². The SMILES string of the molecule is CCCNC(CCC(C)C)Cc1ncnn1C. The van der Waals surface area contributed by atoms with Gasteiger partial charge in [-0.15, -0.1) is 0 Å². The topological polar surface area (TPSA) is 42.7 Å². The van der Waals surface area contributed by atoms with E-state index in [1.54, 1.807) is 6.33 Å². The van der Waals surface area contributed by atoms with Crippen LogP contribution in [0.5, 0.6) is 0 Å². The molecule has 0 aliphatic carbocycles. The second kappa shape index (κ2) is 7.43. The smallest absolute Gasteiger partial charge is 0.138 e. The quantitative estimate of drug-likeness (QED) is 0.754. The van der Waals surface area contributed by atoms with Crippen LogP contribution in [0.25, 0.3) is 0 Å². The number of rotatable bonds is 8. The summed E-state index contributed by atoms with van der Waals surface area (Å²) in [5.74, 6) is 1.84. The Morgan fingerprint density at radius 1 is 1.35 bits per heavy atom. The highest BCUT2D eigenvalue weighted by atomic mass is 15.3. The van der Waals surface area contributed by atoms with E-state index >= 15 is 0 Å². The summed E-state index contributed by atoms with van der Waals surface area (Å²) < 4.78 is 1.87. The monoisotopic (exact) mass is 238 g/mol. The lowest BCUT2D eigenvalue weighted by Gasteiger charge is -2.19. The van der Waals surface area contributed by atoms with Gasteiger partial charge in [0.1, 0.15) is 12.2 Å². The van der Waals surface area contributed by atoms with E-state index in [9.17, 15) is 0 Å². The average Bonchev–Trinajstić information content (AvgIpc) is 2.68. The maximum atomic E-state index is 4.30. The zero-order valence-electron chi connectivity index (χ0n) is 11.6. The molecule has 1 aromatic heterocycles. The van der Waals surface area contributed by atoms with Crippen LogP contribution in [-0.2, 0) is 13.5 Å². The molecule has 0 saturated carbocycles. The zero-order chi connectivity index (χ0) is 12.7. The first kappa shape index (κ1) is 14.2. The van der Waals surface area contributed by atoms with Gasteiger partial charge in [0.2, 0.25) is 0 Å². The Balaban J connectivity index is 2.47. The lowest BCUT2D eigenvalue weighted by atomic mass is 10.0. The molecule has 4 heteroatoms. The van der Waals surface area contributed by atoms with Crippen molar-refractivity contribution < 1.29 is 0 Å². The maximum Gasteiger partial charge on any atom is 0.138 e. The van der Waals surface area contributed by atoms with Crippen LogP contribution in [0.15, 0.2) is 6.33 Å². The Kier molecular flexibility index (Phi) is 6.19. The minimum atomic E-state index is 0.528. The largest absolute Gasteiger partial charge is 0.314 e. The van der Waals surface area contributed by atoms with E-state index in [1.165, 1.54) is 19.3 Å². The summed E-state index contributed by atoms with van der Waals surface area (Å²) in [5.41, 5.74) is 0. The fourth-order valence-electron chi connectivity index (χ4n) is 1.88. The highest BCUT2D eigenvalue weighted by molar-refractivity contribution is 4.89. The van der Waals surface area contributed by atoms with Crippen LogP contribution in [-0.4, -0.2) is 27.4 Å². The molecular weight excluding hydrogens is 212 g/mol. The molecule has 0 amide bonds. The Labute approximate surface area is 105 Å². The standard InChI is InChI=1S/C13H26N4/c1-5-8-14-12(7-6-11(2)3)9-13-15-10-16-17(13)4/h10-12,14H,5-9H2,1-4H3. The van der Waals surface area contributed by atoms with Crippen LogP contribution in [0, 0.1) is 5.92 Å². The molecule has 1 N–H and O–H groups in total. The first-order valence-electron chi connectivity index (χ1n) is 6.69. The van der Waals surface area contributed by atoms with Crippen molar-refractivity contribution in [1.82, 2.24) is 20.1 Å². The van der Waals surface area contributed by atoms with Crippen molar-refractivity contribution in [3.63, 3.8) is 0 Å². The highest BCUT2D eigenvalue weighted by Crippen LogP contribution is 2.10. The summed E-state index contributed by atoms with van der Waals surface area (Å²) in [5, 5.41) is 7.73. The molecule has 0 aromatic carbocycles. The molecule has 1 unspecified atom stereocenters. The van der Waals surface area contributed by atoms with Gasteiger partial charge in [0.15, 0.2) is 0 Å². The van der Waals surface area contributed by atoms with Gasteiger partial charge in [0, 0.05) is 19.5 Å². The van der Waals surface area contributed by atoms with Crippen molar-refractivity contribution in [3.05, 3.63) is 12.2 Å². The number of nitrogens with zero attached hydrogens (tertiary/aromatic N) is 3. The summed E-state index contributed by atoms with van der Waals surface area (Å²) in [7, 11) is 1.96. The number of aryl methyl sites for hydroxylation is 1. The second-order valence-electron chi connectivity index (χ2n) is 5.13. The molecule has 0 spiro atoms. The molecule has 98 valence electrons. The van der Waals surface area contributed by atoms with E-state index in [0.717, 1.165) is 24.7 Å². The Morgan fingerprint density at radius 3 is 2.65 bits per heavy atom. The predicted molar refractivity (Wildman–Crippen MR) is 70.9 cm³/mol. The average molecular weight is 238 g/mol. The van der Waals surface area contributed by atoms with Gasteiger partial charge >= 0.3 is 0 Å². The number of hydrogen-bond acceptors (Lipinski definition) is 3. The highest BCUT2D eigenvalue weighted by Gasteiger charge is 2.12. The minimum absolute atomic E-state index is 0.528. The van der Waals surface area contributed by atoms with Crippen LogP contribution < -0.4 is 5.32 Å². The lowest BCUT2D eigenvalue weighted by molar-refractivity contribution is 0.417. The van der Waals surface area contributed by atoms with Crippen LogP contribution in [0.1, 0.15) is 45.9 Å². The zero-order valence-corrected chi connectivity index (χ0v) is 11.6. The Bertz CT molecular complexity index is 306. The van der Waals surface area contributed by atoms with E-state index in [1.807, 2.05) is 11.7 Å². The molecule has 1 rings (SSSR count). The number of hydrogen-bond donors (Lipinski definition) is 1. The molecule has 4 nitrogen and oxygen atoms in total. The predicted octanol–water partition coefficient (Wildman–Crippen LogP) is 2.16. The van der Waals surface area contributed by atoms with E-state index < -0.39 is 0 Å². The summed E-state index contributed by atoms with van der Waals surface area (Å²) in [6, 6.07) is 0.528. The van der Waals surface area contributed by atoms with Gasteiger partial charge in [-0.2, -0.15) is 5.10 Å². The van der Waals surface area contributed by atoms with Crippen molar-refractivity contribution in [3.8, 4) is 0 Å². The van der Waals surface area contributed by atoms with Crippen molar-refractivity contribution in [1.29, 1.82) is 0 Å².